The molecular formula is C21H22F2N4O3S. The molecule has 2 aromatic carbocycles. The third kappa shape index (κ3) is 4.59. The van der Waals surface area contributed by atoms with Gasteiger partial charge in [-0.25, -0.2) is 22.2 Å². The van der Waals surface area contributed by atoms with Crippen LogP contribution in [0.1, 0.15) is 48.3 Å². The van der Waals surface area contributed by atoms with Gasteiger partial charge in [0, 0.05) is 24.3 Å². The van der Waals surface area contributed by atoms with Crippen LogP contribution >= 0.6 is 0 Å². The van der Waals surface area contributed by atoms with Gasteiger partial charge in [0.2, 0.25) is 10.0 Å². The van der Waals surface area contributed by atoms with E-state index in [9.17, 15) is 22.0 Å². The highest BCUT2D eigenvalue weighted by Gasteiger charge is 2.25. The molecule has 31 heavy (non-hydrogen) atoms. The molecule has 3 aromatic rings. The highest BCUT2D eigenvalue weighted by Crippen LogP contribution is 2.23. The number of anilines is 1. The highest BCUT2D eigenvalue weighted by molar-refractivity contribution is 7.89. The van der Waals surface area contributed by atoms with Gasteiger partial charge >= 0.3 is 0 Å². The molecule has 0 unspecified atom stereocenters. The van der Waals surface area contributed by atoms with Crippen LogP contribution in [0.15, 0.2) is 47.4 Å². The lowest BCUT2D eigenvalue weighted by atomic mass is 10.2. The SMILES string of the molecule is O=C(Nc1ccc(S(=O)(=O)N2CCCCCC2)cc1)c1ccc2nc(C(F)F)[nH]c2c1. The highest BCUT2D eigenvalue weighted by atomic mass is 32.2. The maximum absolute atomic E-state index is 12.8. The van der Waals surface area contributed by atoms with Crippen LogP contribution in [0.5, 0.6) is 0 Å². The van der Waals surface area contributed by atoms with Gasteiger partial charge < -0.3 is 10.3 Å². The Morgan fingerprint density at radius 2 is 1.71 bits per heavy atom. The molecule has 1 fully saturated rings. The molecule has 4 rings (SSSR count). The number of sulfonamides is 1. The quantitative estimate of drug-likeness (QED) is 0.608. The van der Waals surface area contributed by atoms with E-state index >= 15 is 0 Å². The van der Waals surface area contributed by atoms with E-state index in [1.54, 1.807) is 0 Å². The van der Waals surface area contributed by atoms with Gasteiger partial charge in [0.15, 0.2) is 5.82 Å². The molecule has 10 heteroatoms. The molecule has 1 aliphatic heterocycles. The van der Waals surface area contributed by atoms with E-state index in [-0.39, 0.29) is 10.5 Å². The second-order valence-corrected chi connectivity index (χ2v) is 9.39. The Morgan fingerprint density at radius 3 is 2.35 bits per heavy atom. The number of fused-ring (bicyclic) bond motifs is 1. The number of aromatic amines is 1. The molecule has 1 amide bonds. The lowest BCUT2D eigenvalue weighted by Gasteiger charge is -2.20. The summed E-state index contributed by atoms with van der Waals surface area (Å²) in [7, 11) is -3.56. The molecule has 0 spiro atoms. The van der Waals surface area contributed by atoms with Gasteiger partial charge in [0.05, 0.1) is 15.9 Å². The number of hydrogen-bond donors (Lipinski definition) is 2. The number of carbonyl (C=O) groups excluding carboxylic acids is 1. The molecule has 2 N–H and O–H groups in total. The Bertz CT molecular complexity index is 1190. The third-order valence-corrected chi connectivity index (χ3v) is 7.20. The van der Waals surface area contributed by atoms with Crippen molar-refractivity contribution >= 4 is 32.7 Å². The van der Waals surface area contributed by atoms with Crippen molar-refractivity contribution in [3.63, 3.8) is 0 Å². The summed E-state index contributed by atoms with van der Waals surface area (Å²) in [6.45, 7) is 1.04. The number of nitrogens with one attached hydrogen (secondary N) is 2. The number of carbonyl (C=O) groups is 1. The molecule has 0 radical (unpaired) electrons. The molecule has 0 bridgehead atoms. The van der Waals surface area contributed by atoms with E-state index in [4.69, 9.17) is 0 Å². The number of aromatic nitrogens is 2. The van der Waals surface area contributed by atoms with Crippen LogP contribution in [0.4, 0.5) is 14.5 Å². The van der Waals surface area contributed by atoms with E-state index in [2.05, 4.69) is 15.3 Å². The van der Waals surface area contributed by atoms with Gasteiger partial charge in [-0.15, -0.1) is 0 Å². The summed E-state index contributed by atoms with van der Waals surface area (Å²) in [6.07, 6.45) is 1.05. The normalized spacial score (nSPS) is 15.8. The number of imidazole rings is 1. The summed E-state index contributed by atoms with van der Waals surface area (Å²) in [4.78, 5) is 19.0. The van der Waals surface area contributed by atoms with E-state index in [0.717, 1.165) is 25.7 Å². The number of H-pyrrole nitrogens is 1. The minimum absolute atomic E-state index is 0.186. The predicted molar refractivity (Wildman–Crippen MR) is 113 cm³/mol. The first-order valence-electron chi connectivity index (χ1n) is 10.0. The molecule has 1 aromatic heterocycles. The van der Waals surface area contributed by atoms with Crippen LogP contribution in [0.2, 0.25) is 0 Å². The Morgan fingerprint density at radius 1 is 1.03 bits per heavy atom. The van der Waals surface area contributed by atoms with E-state index in [1.165, 1.54) is 46.8 Å². The van der Waals surface area contributed by atoms with E-state index < -0.39 is 28.2 Å². The zero-order valence-electron chi connectivity index (χ0n) is 16.6. The van der Waals surface area contributed by atoms with Crippen molar-refractivity contribution in [3.05, 3.63) is 53.9 Å². The Kier molecular flexibility index (Phi) is 6.01. The smallest absolute Gasteiger partial charge is 0.295 e. The van der Waals surface area contributed by atoms with Crippen molar-refractivity contribution in [2.75, 3.05) is 18.4 Å². The molecule has 0 saturated carbocycles. The zero-order chi connectivity index (χ0) is 22.0. The average molecular weight is 448 g/mol. The van der Waals surface area contributed by atoms with Gasteiger partial charge in [-0.2, -0.15) is 4.31 Å². The summed E-state index contributed by atoms with van der Waals surface area (Å²) >= 11 is 0. The minimum Gasteiger partial charge on any atom is -0.337 e. The first-order chi connectivity index (χ1) is 14.8. The van der Waals surface area contributed by atoms with Crippen molar-refractivity contribution in [1.82, 2.24) is 14.3 Å². The first-order valence-corrected chi connectivity index (χ1v) is 11.5. The minimum atomic E-state index is -3.56. The molecule has 2 heterocycles. The van der Waals surface area contributed by atoms with Gasteiger partial charge in [-0.3, -0.25) is 4.79 Å². The summed E-state index contributed by atoms with van der Waals surface area (Å²) in [5, 5.41) is 2.69. The predicted octanol–water partition coefficient (Wildman–Crippen LogP) is 4.32. The largest absolute Gasteiger partial charge is 0.337 e. The van der Waals surface area contributed by atoms with Crippen LogP contribution in [-0.4, -0.2) is 41.7 Å². The molecule has 164 valence electrons. The monoisotopic (exact) mass is 448 g/mol. The maximum atomic E-state index is 12.8. The van der Waals surface area contributed by atoms with Crippen LogP contribution < -0.4 is 5.32 Å². The number of benzene rings is 2. The summed E-state index contributed by atoms with van der Waals surface area (Å²) in [5.74, 6) is -0.896. The lowest BCUT2D eigenvalue weighted by Crippen LogP contribution is -2.31. The van der Waals surface area contributed by atoms with Gasteiger partial charge in [0.1, 0.15) is 0 Å². The van der Waals surface area contributed by atoms with Crippen molar-refractivity contribution in [3.8, 4) is 0 Å². The number of alkyl halides is 2. The zero-order valence-corrected chi connectivity index (χ0v) is 17.5. The van der Waals surface area contributed by atoms with Crippen LogP contribution in [0, 0.1) is 0 Å². The number of nitrogens with zero attached hydrogens (tertiary/aromatic N) is 2. The Hall–Kier alpha value is -2.85. The fourth-order valence-electron chi connectivity index (χ4n) is 3.62. The average Bonchev–Trinajstić information content (AvgIpc) is 2.98. The van der Waals surface area contributed by atoms with Gasteiger partial charge in [0.25, 0.3) is 12.3 Å². The second-order valence-electron chi connectivity index (χ2n) is 7.45. The van der Waals surface area contributed by atoms with E-state index in [1.807, 2.05) is 0 Å². The molecular weight excluding hydrogens is 426 g/mol. The number of halogens is 2. The number of hydrogen-bond acceptors (Lipinski definition) is 4. The molecule has 0 atom stereocenters. The fourth-order valence-corrected chi connectivity index (χ4v) is 5.14. The molecule has 1 aliphatic rings. The fraction of sp³-hybridized carbons (Fsp3) is 0.333. The van der Waals surface area contributed by atoms with E-state index in [0.29, 0.717) is 29.8 Å². The number of rotatable bonds is 5. The third-order valence-electron chi connectivity index (χ3n) is 5.28. The first kappa shape index (κ1) is 21.4. The number of amides is 1. The van der Waals surface area contributed by atoms with Crippen molar-refractivity contribution in [2.45, 2.75) is 37.0 Å². The second kappa shape index (κ2) is 8.72. The van der Waals surface area contributed by atoms with Crippen molar-refractivity contribution < 1.29 is 22.0 Å². The summed E-state index contributed by atoms with van der Waals surface area (Å²) in [5.41, 5.74) is 1.37. The lowest BCUT2D eigenvalue weighted by molar-refractivity contribution is 0.102. The Labute approximate surface area is 178 Å². The van der Waals surface area contributed by atoms with Crippen LogP contribution in [0.25, 0.3) is 11.0 Å². The molecule has 1 saturated heterocycles. The summed E-state index contributed by atoms with van der Waals surface area (Å²) in [6, 6.07) is 10.4. The van der Waals surface area contributed by atoms with Gasteiger partial charge in [-0.05, 0) is 55.3 Å². The maximum Gasteiger partial charge on any atom is 0.295 e. The van der Waals surface area contributed by atoms with Crippen LogP contribution in [0.3, 0.4) is 0 Å². The molecule has 7 nitrogen and oxygen atoms in total. The van der Waals surface area contributed by atoms with Crippen LogP contribution in [-0.2, 0) is 10.0 Å². The standard InChI is InChI=1S/C21H22F2N4O3S/c22-19(23)20-25-17-10-5-14(13-18(17)26-20)21(28)24-15-6-8-16(9-7-15)31(29,30)27-11-3-1-2-4-12-27/h5-10,13,19H,1-4,11-12H2,(H,24,28)(H,25,26). The van der Waals surface area contributed by atoms with Crippen molar-refractivity contribution in [2.24, 2.45) is 0 Å². The van der Waals surface area contributed by atoms with Gasteiger partial charge in [-0.1, -0.05) is 12.8 Å². The Balaban J connectivity index is 1.48. The molecule has 0 aliphatic carbocycles. The topological polar surface area (TPSA) is 95.2 Å². The summed E-state index contributed by atoms with van der Waals surface area (Å²) < 4.78 is 52.8. The van der Waals surface area contributed by atoms with Crippen molar-refractivity contribution in [1.29, 1.82) is 0 Å².